The SMILES string of the molecule is CC1(C)CCN(N=O)CC1. The fourth-order valence-corrected chi connectivity index (χ4v) is 1.18. The molecule has 0 spiro atoms. The smallest absolute Gasteiger partial charge is 0.0523 e. The van der Waals surface area contributed by atoms with Crippen molar-refractivity contribution in [2.45, 2.75) is 26.7 Å². The van der Waals surface area contributed by atoms with Crippen LogP contribution in [0.15, 0.2) is 5.29 Å². The summed E-state index contributed by atoms with van der Waals surface area (Å²) in [6.45, 7) is 6.12. The number of nitroso groups, excluding NO2 is 1. The molecule has 0 radical (unpaired) electrons. The Morgan fingerprint density at radius 3 is 2.20 bits per heavy atom. The average Bonchev–Trinajstić information content (AvgIpc) is 1.88. The quantitative estimate of drug-likeness (QED) is 0.523. The molecule has 0 aromatic carbocycles. The van der Waals surface area contributed by atoms with Crippen LogP contribution in [0.25, 0.3) is 0 Å². The van der Waals surface area contributed by atoms with Gasteiger partial charge in [0.25, 0.3) is 0 Å². The summed E-state index contributed by atoms with van der Waals surface area (Å²) in [6, 6.07) is 0. The Labute approximate surface area is 61.3 Å². The van der Waals surface area contributed by atoms with Crippen LogP contribution in [0.3, 0.4) is 0 Å². The molecule has 58 valence electrons. The Balaban J connectivity index is 2.38. The Morgan fingerprint density at radius 1 is 1.30 bits per heavy atom. The van der Waals surface area contributed by atoms with Crippen LogP contribution in [0, 0.1) is 10.3 Å². The van der Waals surface area contributed by atoms with Crippen LogP contribution in [0.4, 0.5) is 0 Å². The van der Waals surface area contributed by atoms with Gasteiger partial charge in [0.15, 0.2) is 0 Å². The van der Waals surface area contributed by atoms with Crippen molar-refractivity contribution in [1.29, 1.82) is 0 Å². The molecular weight excluding hydrogens is 128 g/mol. The summed E-state index contributed by atoms with van der Waals surface area (Å²) in [4.78, 5) is 10.0. The molecule has 1 rings (SSSR count). The van der Waals surface area contributed by atoms with Gasteiger partial charge in [0.05, 0.1) is 5.29 Å². The summed E-state index contributed by atoms with van der Waals surface area (Å²) >= 11 is 0. The molecule has 3 heteroatoms. The van der Waals surface area contributed by atoms with Crippen LogP contribution >= 0.6 is 0 Å². The molecular formula is C7H14N2O. The number of rotatable bonds is 1. The van der Waals surface area contributed by atoms with Crippen LogP contribution < -0.4 is 0 Å². The van der Waals surface area contributed by atoms with E-state index in [-0.39, 0.29) is 0 Å². The zero-order chi connectivity index (χ0) is 7.61. The van der Waals surface area contributed by atoms with Gasteiger partial charge < -0.3 is 0 Å². The minimum atomic E-state index is 0.418. The van der Waals surface area contributed by atoms with Crippen molar-refractivity contribution >= 4 is 0 Å². The van der Waals surface area contributed by atoms with Crippen LogP contribution in [-0.4, -0.2) is 18.1 Å². The van der Waals surface area contributed by atoms with Crippen molar-refractivity contribution in [1.82, 2.24) is 5.01 Å². The van der Waals surface area contributed by atoms with E-state index in [4.69, 9.17) is 0 Å². The highest BCUT2D eigenvalue weighted by Crippen LogP contribution is 2.29. The largest absolute Gasteiger partial charge is 0.261 e. The van der Waals surface area contributed by atoms with Gasteiger partial charge in [-0.1, -0.05) is 13.8 Å². The highest BCUT2D eigenvalue weighted by Gasteiger charge is 2.24. The average molecular weight is 142 g/mol. The molecule has 1 fully saturated rings. The van der Waals surface area contributed by atoms with E-state index in [9.17, 15) is 4.91 Å². The van der Waals surface area contributed by atoms with Gasteiger partial charge in [-0.2, -0.15) is 0 Å². The molecule has 0 amide bonds. The van der Waals surface area contributed by atoms with Crippen molar-refractivity contribution < 1.29 is 0 Å². The van der Waals surface area contributed by atoms with Gasteiger partial charge in [0.2, 0.25) is 0 Å². The summed E-state index contributed by atoms with van der Waals surface area (Å²) in [6.07, 6.45) is 2.16. The van der Waals surface area contributed by atoms with Gasteiger partial charge >= 0.3 is 0 Å². The lowest BCUT2D eigenvalue weighted by molar-refractivity contribution is 0.135. The van der Waals surface area contributed by atoms with E-state index in [1.165, 1.54) is 0 Å². The molecule has 10 heavy (non-hydrogen) atoms. The van der Waals surface area contributed by atoms with Crippen molar-refractivity contribution in [3.63, 3.8) is 0 Å². The highest BCUT2D eigenvalue weighted by molar-refractivity contribution is 4.76. The third-order valence-corrected chi connectivity index (χ3v) is 2.21. The molecule has 0 N–H and O–H groups in total. The molecule has 0 atom stereocenters. The molecule has 0 aromatic heterocycles. The van der Waals surface area contributed by atoms with E-state index in [0.29, 0.717) is 5.41 Å². The molecule has 3 nitrogen and oxygen atoms in total. The molecule has 1 saturated heterocycles. The first-order chi connectivity index (χ1) is 4.64. The maximum absolute atomic E-state index is 10.0. The van der Waals surface area contributed by atoms with E-state index in [1.807, 2.05) is 0 Å². The second-order valence-corrected chi connectivity index (χ2v) is 3.70. The van der Waals surface area contributed by atoms with Crippen molar-refractivity contribution in [2.75, 3.05) is 13.1 Å². The van der Waals surface area contributed by atoms with Gasteiger partial charge in [-0.15, -0.1) is 4.91 Å². The first-order valence-corrected chi connectivity index (χ1v) is 3.72. The lowest BCUT2D eigenvalue weighted by atomic mass is 9.83. The van der Waals surface area contributed by atoms with Crippen molar-refractivity contribution in [3.8, 4) is 0 Å². The van der Waals surface area contributed by atoms with Crippen LogP contribution in [0.1, 0.15) is 26.7 Å². The van der Waals surface area contributed by atoms with Gasteiger partial charge in [-0.25, -0.2) is 0 Å². The van der Waals surface area contributed by atoms with E-state index in [0.717, 1.165) is 25.9 Å². The molecule has 0 aliphatic carbocycles. The Morgan fingerprint density at radius 2 is 1.80 bits per heavy atom. The predicted molar refractivity (Wildman–Crippen MR) is 40.4 cm³/mol. The molecule has 1 aliphatic heterocycles. The van der Waals surface area contributed by atoms with Crippen LogP contribution in [0.5, 0.6) is 0 Å². The van der Waals surface area contributed by atoms with Crippen LogP contribution in [-0.2, 0) is 0 Å². The summed E-state index contributed by atoms with van der Waals surface area (Å²) in [5.74, 6) is 0. The fourth-order valence-electron chi connectivity index (χ4n) is 1.18. The number of hydrogen-bond acceptors (Lipinski definition) is 2. The lowest BCUT2D eigenvalue weighted by Crippen LogP contribution is -2.33. The Hall–Kier alpha value is -0.600. The summed E-state index contributed by atoms with van der Waals surface area (Å²) < 4.78 is 0. The monoisotopic (exact) mass is 142 g/mol. The summed E-state index contributed by atoms with van der Waals surface area (Å²) in [7, 11) is 0. The maximum atomic E-state index is 10.0. The van der Waals surface area contributed by atoms with E-state index in [1.54, 1.807) is 5.01 Å². The summed E-state index contributed by atoms with van der Waals surface area (Å²) in [5, 5.41) is 4.50. The zero-order valence-electron chi connectivity index (χ0n) is 6.63. The second kappa shape index (κ2) is 2.56. The third kappa shape index (κ3) is 1.69. The fraction of sp³-hybridized carbons (Fsp3) is 1.00. The summed E-state index contributed by atoms with van der Waals surface area (Å²) in [5.41, 5.74) is 0.418. The molecule has 1 aliphatic rings. The molecule has 0 unspecified atom stereocenters. The number of nitrogens with zero attached hydrogens (tertiary/aromatic N) is 2. The molecule has 0 saturated carbocycles. The predicted octanol–water partition coefficient (Wildman–Crippen LogP) is 1.79. The normalized spacial score (nSPS) is 24.4. The first kappa shape index (κ1) is 7.51. The standard InChI is InChI=1S/C7H14N2O/c1-7(2)3-5-9(8-10)6-4-7/h3-6H2,1-2H3. The van der Waals surface area contributed by atoms with Gasteiger partial charge in [-0.3, -0.25) is 5.01 Å². The third-order valence-electron chi connectivity index (χ3n) is 2.21. The highest BCUT2D eigenvalue weighted by atomic mass is 16.3. The van der Waals surface area contributed by atoms with E-state index < -0.39 is 0 Å². The lowest BCUT2D eigenvalue weighted by Gasteiger charge is -2.33. The first-order valence-electron chi connectivity index (χ1n) is 3.72. The number of hydrogen-bond donors (Lipinski definition) is 0. The Kier molecular flexibility index (Phi) is 1.92. The van der Waals surface area contributed by atoms with E-state index >= 15 is 0 Å². The molecule has 0 aromatic rings. The van der Waals surface area contributed by atoms with Crippen molar-refractivity contribution in [3.05, 3.63) is 4.91 Å². The number of piperidine rings is 1. The maximum Gasteiger partial charge on any atom is 0.0523 e. The minimum absolute atomic E-state index is 0.418. The van der Waals surface area contributed by atoms with Crippen LogP contribution in [0.2, 0.25) is 0 Å². The minimum Gasteiger partial charge on any atom is -0.261 e. The molecule has 0 bridgehead atoms. The van der Waals surface area contributed by atoms with Gasteiger partial charge in [0, 0.05) is 13.1 Å². The second-order valence-electron chi connectivity index (χ2n) is 3.70. The van der Waals surface area contributed by atoms with Gasteiger partial charge in [-0.05, 0) is 18.3 Å². The Bertz CT molecular complexity index is 124. The van der Waals surface area contributed by atoms with Gasteiger partial charge in [0.1, 0.15) is 0 Å². The van der Waals surface area contributed by atoms with E-state index in [2.05, 4.69) is 19.1 Å². The molecule has 1 heterocycles. The van der Waals surface area contributed by atoms with Crippen molar-refractivity contribution in [2.24, 2.45) is 10.7 Å². The topological polar surface area (TPSA) is 32.7 Å². The zero-order valence-corrected chi connectivity index (χ0v) is 6.63.